The quantitative estimate of drug-likeness (QED) is 0.855. The fourth-order valence-corrected chi connectivity index (χ4v) is 2.03. The molecule has 0 saturated heterocycles. The zero-order chi connectivity index (χ0) is 15.2. The van der Waals surface area contributed by atoms with E-state index in [1.807, 2.05) is 6.92 Å². The topological polar surface area (TPSA) is 53.4 Å². The van der Waals surface area contributed by atoms with Crippen molar-refractivity contribution in [2.45, 2.75) is 6.92 Å². The van der Waals surface area contributed by atoms with Crippen molar-refractivity contribution in [3.8, 4) is 0 Å². The normalized spacial score (nSPS) is 10.8. The SMILES string of the molecule is CCN(c1ccccc1F)c1ncccc1/C=C/C(=O)O. The molecule has 0 aliphatic rings. The van der Waals surface area contributed by atoms with E-state index in [1.54, 1.807) is 41.4 Å². The van der Waals surface area contributed by atoms with Crippen LogP contribution in [0.15, 0.2) is 48.7 Å². The molecule has 0 bridgehead atoms. The lowest BCUT2D eigenvalue weighted by molar-refractivity contribution is -0.131. The van der Waals surface area contributed by atoms with Crippen molar-refractivity contribution < 1.29 is 14.3 Å². The minimum absolute atomic E-state index is 0.349. The molecule has 21 heavy (non-hydrogen) atoms. The first kappa shape index (κ1) is 14.7. The summed E-state index contributed by atoms with van der Waals surface area (Å²) in [4.78, 5) is 16.6. The standard InChI is InChI=1S/C16H15FN2O2/c1-2-19(14-8-4-3-7-13(14)17)16-12(6-5-11-18-16)9-10-15(20)21/h3-11H,2H2,1H3,(H,20,21)/b10-9+. The highest BCUT2D eigenvalue weighted by molar-refractivity contribution is 5.87. The first-order valence-electron chi connectivity index (χ1n) is 6.51. The molecule has 1 N–H and O–H groups in total. The summed E-state index contributed by atoms with van der Waals surface area (Å²) in [7, 11) is 0. The van der Waals surface area contributed by atoms with Gasteiger partial charge < -0.3 is 10.0 Å². The van der Waals surface area contributed by atoms with E-state index >= 15 is 0 Å². The number of nitrogens with zero attached hydrogens (tertiary/aromatic N) is 2. The van der Waals surface area contributed by atoms with Crippen molar-refractivity contribution in [2.75, 3.05) is 11.4 Å². The van der Waals surface area contributed by atoms with Crippen LogP contribution in [0.4, 0.5) is 15.9 Å². The molecule has 0 spiro atoms. The number of pyridine rings is 1. The monoisotopic (exact) mass is 286 g/mol. The van der Waals surface area contributed by atoms with Gasteiger partial charge in [-0.3, -0.25) is 0 Å². The maximum atomic E-state index is 14.0. The minimum Gasteiger partial charge on any atom is -0.478 e. The van der Waals surface area contributed by atoms with E-state index < -0.39 is 5.97 Å². The Morgan fingerprint density at radius 3 is 2.76 bits per heavy atom. The number of hydrogen-bond acceptors (Lipinski definition) is 3. The third kappa shape index (κ3) is 3.45. The molecule has 0 radical (unpaired) electrons. The highest BCUT2D eigenvalue weighted by Crippen LogP contribution is 2.29. The molecule has 1 aromatic heterocycles. The molecule has 5 heteroatoms. The molecule has 0 fully saturated rings. The summed E-state index contributed by atoms with van der Waals surface area (Å²) in [5.41, 5.74) is 1.02. The van der Waals surface area contributed by atoms with Crippen LogP contribution in [0.25, 0.3) is 6.08 Å². The summed E-state index contributed by atoms with van der Waals surface area (Å²) in [6.07, 6.45) is 4.08. The van der Waals surface area contributed by atoms with Crippen LogP contribution in [0.3, 0.4) is 0 Å². The third-order valence-corrected chi connectivity index (χ3v) is 2.94. The van der Waals surface area contributed by atoms with Crippen molar-refractivity contribution in [1.82, 2.24) is 4.98 Å². The molecule has 0 amide bonds. The molecule has 2 aromatic rings. The van der Waals surface area contributed by atoms with E-state index in [1.165, 1.54) is 12.1 Å². The number of aromatic nitrogens is 1. The Labute approximate surface area is 122 Å². The van der Waals surface area contributed by atoms with E-state index in [4.69, 9.17) is 5.11 Å². The number of hydrogen-bond donors (Lipinski definition) is 1. The second-order valence-corrected chi connectivity index (χ2v) is 4.28. The van der Waals surface area contributed by atoms with Crippen LogP contribution in [0, 0.1) is 5.82 Å². The average molecular weight is 286 g/mol. The van der Waals surface area contributed by atoms with Gasteiger partial charge in [0.25, 0.3) is 0 Å². The number of rotatable bonds is 5. The van der Waals surface area contributed by atoms with Crippen molar-refractivity contribution in [3.05, 3.63) is 60.1 Å². The fraction of sp³-hybridized carbons (Fsp3) is 0.125. The molecule has 4 nitrogen and oxygen atoms in total. The first-order chi connectivity index (χ1) is 10.1. The highest BCUT2D eigenvalue weighted by atomic mass is 19.1. The van der Waals surface area contributed by atoms with Gasteiger partial charge in [0.05, 0.1) is 5.69 Å². The number of benzene rings is 1. The van der Waals surface area contributed by atoms with Gasteiger partial charge in [0.1, 0.15) is 11.6 Å². The van der Waals surface area contributed by atoms with E-state index in [2.05, 4.69) is 4.98 Å². The lowest BCUT2D eigenvalue weighted by atomic mass is 10.2. The largest absolute Gasteiger partial charge is 0.478 e. The smallest absolute Gasteiger partial charge is 0.328 e. The number of carboxylic acid groups (broad SMARTS) is 1. The molecule has 0 aliphatic carbocycles. The molecule has 0 saturated carbocycles. The van der Waals surface area contributed by atoms with Crippen LogP contribution < -0.4 is 4.90 Å². The number of para-hydroxylation sites is 1. The van der Waals surface area contributed by atoms with Gasteiger partial charge in [-0.05, 0) is 37.3 Å². The number of carboxylic acids is 1. The van der Waals surface area contributed by atoms with Gasteiger partial charge in [-0.2, -0.15) is 0 Å². The first-order valence-corrected chi connectivity index (χ1v) is 6.51. The zero-order valence-electron chi connectivity index (χ0n) is 11.5. The van der Waals surface area contributed by atoms with Crippen LogP contribution >= 0.6 is 0 Å². The summed E-state index contributed by atoms with van der Waals surface area (Å²) >= 11 is 0. The Morgan fingerprint density at radius 1 is 1.33 bits per heavy atom. The summed E-state index contributed by atoms with van der Waals surface area (Å²) in [5, 5.41) is 8.74. The number of anilines is 2. The van der Waals surface area contributed by atoms with Gasteiger partial charge in [0.2, 0.25) is 0 Å². The Bertz CT molecular complexity index is 671. The van der Waals surface area contributed by atoms with Crippen molar-refractivity contribution in [2.24, 2.45) is 0 Å². The average Bonchev–Trinajstić information content (AvgIpc) is 2.49. The lowest BCUT2D eigenvalue weighted by Gasteiger charge is -2.24. The zero-order valence-corrected chi connectivity index (χ0v) is 11.5. The van der Waals surface area contributed by atoms with Gasteiger partial charge in [0.15, 0.2) is 0 Å². The van der Waals surface area contributed by atoms with Crippen LogP contribution in [-0.2, 0) is 4.79 Å². The summed E-state index contributed by atoms with van der Waals surface area (Å²) < 4.78 is 14.0. The minimum atomic E-state index is -1.04. The van der Waals surface area contributed by atoms with Crippen molar-refractivity contribution in [1.29, 1.82) is 0 Å². The van der Waals surface area contributed by atoms with Gasteiger partial charge in [0, 0.05) is 24.4 Å². The Kier molecular flexibility index (Phi) is 4.66. The fourth-order valence-electron chi connectivity index (χ4n) is 2.03. The molecular formula is C16H15FN2O2. The Hall–Kier alpha value is -2.69. The van der Waals surface area contributed by atoms with Gasteiger partial charge in [-0.25, -0.2) is 14.2 Å². The second kappa shape index (κ2) is 6.65. The molecule has 1 heterocycles. The van der Waals surface area contributed by atoms with E-state index in [0.29, 0.717) is 23.6 Å². The molecule has 0 aliphatic heterocycles. The number of carbonyl (C=O) groups is 1. The predicted molar refractivity (Wildman–Crippen MR) is 80.0 cm³/mol. The van der Waals surface area contributed by atoms with Crippen LogP contribution in [-0.4, -0.2) is 22.6 Å². The summed E-state index contributed by atoms with van der Waals surface area (Å²) in [6, 6.07) is 9.87. The number of aliphatic carboxylic acids is 1. The molecule has 0 atom stereocenters. The van der Waals surface area contributed by atoms with E-state index in [-0.39, 0.29) is 5.82 Å². The maximum absolute atomic E-state index is 14.0. The van der Waals surface area contributed by atoms with Crippen molar-refractivity contribution >= 4 is 23.6 Å². The summed E-state index contributed by atoms with van der Waals surface area (Å²) in [5.74, 6) is -0.875. The predicted octanol–water partition coefficient (Wildman–Crippen LogP) is 3.48. The van der Waals surface area contributed by atoms with Crippen LogP contribution in [0.1, 0.15) is 12.5 Å². The van der Waals surface area contributed by atoms with Gasteiger partial charge >= 0.3 is 5.97 Å². The molecule has 1 aromatic carbocycles. The Morgan fingerprint density at radius 2 is 2.10 bits per heavy atom. The van der Waals surface area contributed by atoms with Gasteiger partial charge in [-0.1, -0.05) is 12.1 Å². The van der Waals surface area contributed by atoms with E-state index in [0.717, 1.165) is 6.08 Å². The molecular weight excluding hydrogens is 271 g/mol. The molecule has 0 unspecified atom stereocenters. The van der Waals surface area contributed by atoms with Crippen molar-refractivity contribution in [3.63, 3.8) is 0 Å². The van der Waals surface area contributed by atoms with E-state index in [9.17, 15) is 9.18 Å². The maximum Gasteiger partial charge on any atom is 0.328 e. The van der Waals surface area contributed by atoms with Crippen LogP contribution in [0.5, 0.6) is 0 Å². The summed E-state index contributed by atoms with van der Waals surface area (Å²) in [6.45, 7) is 2.39. The third-order valence-electron chi connectivity index (χ3n) is 2.94. The highest BCUT2D eigenvalue weighted by Gasteiger charge is 2.15. The number of halogens is 1. The Balaban J connectivity index is 2.48. The second-order valence-electron chi connectivity index (χ2n) is 4.28. The molecule has 108 valence electrons. The lowest BCUT2D eigenvalue weighted by Crippen LogP contribution is -2.19. The molecule has 2 rings (SSSR count). The van der Waals surface area contributed by atoms with Gasteiger partial charge in [-0.15, -0.1) is 0 Å². The van der Waals surface area contributed by atoms with Crippen LogP contribution in [0.2, 0.25) is 0 Å².